The van der Waals surface area contributed by atoms with Gasteiger partial charge in [-0.25, -0.2) is 20.4 Å². The van der Waals surface area contributed by atoms with Crippen LogP contribution in [0.1, 0.15) is 25.6 Å². The molecule has 5 atom stereocenters. The number of hydrogen-bond acceptors (Lipinski definition) is 9. The topological polar surface area (TPSA) is 135 Å². The lowest BCUT2D eigenvalue weighted by molar-refractivity contribution is -0.135. The molecule has 0 amide bonds. The quantitative estimate of drug-likeness (QED) is 0.399. The molecule has 1 aliphatic heterocycles. The van der Waals surface area contributed by atoms with E-state index in [1.54, 1.807) is 6.07 Å². The summed E-state index contributed by atoms with van der Waals surface area (Å²) < 4.78 is 7.40. The van der Waals surface area contributed by atoms with Gasteiger partial charge in [0.1, 0.15) is 30.2 Å². The lowest BCUT2D eigenvalue weighted by Gasteiger charge is -2.32. The standard InChI is InChI=1S/C19H21Cl2N5O5/c1-3-30-25-16-12-17(23-7-22-16)26(8-24-12)18-14(28)13(27)15(31-18)19(2,29)9-4-5-10(20)11(21)6-9/h4-8,13-15,18,27-29H,3H2,1-2H3,(H,22,23,25)/t13-,14+,15-,18+,19+/m0/s1. The van der Waals surface area contributed by atoms with Crippen LogP contribution in [0.5, 0.6) is 0 Å². The van der Waals surface area contributed by atoms with Gasteiger partial charge >= 0.3 is 0 Å². The molecule has 0 unspecified atom stereocenters. The number of aliphatic hydroxyl groups excluding tert-OH is 2. The van der Waals surface area contributed by atoms with Gasteiger partial charge in [-0.05, 0) is 31.5 Å². The van der Waals surface area contributed by atoms with E-state index in [2.05, 4.69) is 20.4 Å². The minimum Gasteiger partial charge on any atom is -0.387 e. The van der Waals surface area contributed by atoms with Crippen LogP contribution in [-0.2, 0) is 15.2 Å². The first-order valence-electron chi connectivity index (χ1n) is 9.50. The monoisotopic (exact) mass is 469 g/mol. The van der Waals surface area contributed by atoms with Crippen molar-refractivity contribution in [3.8, 4) is 0 Å². The first kappa shape index (κ1) is 22.2. The summed E-state index contributed by atoms with van der Waals surface area (Å²) in [6, 6.07) is 4.61. The normalized spacial score (nSPS) is 25.6. The summed E-state index contributed by atoms with van der Waals surface area (Å²) in [6.45, 7) is 3.69. The van der Waals surface area contributed by atoms with Crippen molar-refractivity contribution < 1.29 is 24.9 Å². The molecular formula is C19H21Cl2N5O5. The zero-order chi connectivity index (χ0) is 22.3. The Bertz CT molecular complexity index is 1090. The largest absolute Gasteiger partial charge is 0.387 e. The number of hydrogen-bond donors (Lipinski definition) is 4. The maximum Gasteiger partial charge on any atom is 0.181 e. The van der Waals surface area contributed by atoms with E-state index in [1.165, 1.54) is 36.3 Å². The molecule has 3 heterocycles. The number of anilines is 1. The zero-order valence-corrected chi connectivity index (χ0v) is 18.1. The van der Waals surface area contributed by atoms with Gasteiger partial charge in [0.25, 0.3) is 0 Å². The minimum absolute atomic E-state index is 0.246. The second-order valence-corrected chi connectivity index (χ2v) is 8.10. The van der Waals surface area contributed by atoms with Gasteiger partial charge in [0.2, 0.25) is 0 Å². The number of nitrogens with zero attached hydrogens (tertiary/aromatic N) is 4. The predicted octanol–water partition coefficient (Wildman–Crippen LogP) is 2.02. The number of ether oxygens (including phenoxy) is 1. The van der Waals surface area contributed by atoms with E-state index in [4.69, 9.17) is 32.8 Å². The fraction of sp³-hybridized carbons (Fsp3) is 0.421. The highest BCUT2D eigenvalue weighted by molar-refractivity contribution is 6.42. The summed E-state index contributed by atoms with van der Waals surface area (Å²) >= 11 is 12.0. The van der Waals surface area contributed by atoms with Gasteiger partial charge in [0.15, 0.2) is 23.2 Å². The maximum absolute atomic E-state index is 11.2. The molecule has 1 saturated heterocycles. The van der Waals surface area contributed by atoms with Crippen molar-refractivity contribution in [1.82, 2.24) is 19.5 Å². The van der Waals surface area contributed by atoms with Crippen molar-refractivity contribution in [2.45, 2.75) is 44.0 Å². The van der Waals surface area contributed by atoms with Crippen molar-refractivity contribution >= 4 is 40.2 Å². The van der Waals surface area contributed by atoms with E-state index >= 15 is 0 Å². The Hall–Kier alpha value is -2.05. The molecule has 1 aromatic carbocycles. The fourth-order valence-electron chi connectivity index (χ4n) is 3.58. The Balaban J connectivity index is 1.67. The lowest BCUT2D eigenvalue weighted by atomic mass is 9.87. The van der Waals surface area contributed by atoms with Crippen molar-refractivity contribution in [2.75, 3.05) is 12.1 Å². The van der Waals surface area contributed by atoms with Crippen molar-refractivity contribution in [3.63, 3.8) is 0 Å². The van der Waals surface area contributed by atoms with E-state index in [0.29, 0.717) is 34.2 Å². The SMILES string of the molecule is CCONc1ncnc2c1ncn2[C@@H]1O[C@H]([C@](C)(O)c2ccc(Cl)c(Cl)c2)[C@@H](O)[C@H]1O. The highest BCUT2D eigenvalue weighted by Crippen LogP contribution is 2.41. The first-order valence-corrected chi connectivity index (χ1v) is 10.3. The van der Waals surface area contributed by atoms with Gasteiger partial charge in [0.05, 0.1) is 23.0 Å². The maximum atomic E-state index is 11.2. The number of halogens is 2. The summed E-state index contributed by atoms with van der Waals surface area (Å²) in [5.74, 6) is 0.345. The summed E-state index contributed by atoms with van der Waals surface area (Å²) in [5.41, 5.74) is 2.11. The van der Waals surface area contributed by atoms with Crippen LogP contribution < -0.4 is 5.48 Å². The summed E-state index contributed by atoms with van der Waals surface area (Å²) in [7, 11) is 0. The number of imidazole rings is 1. The Labute approximate surface area is 187 Å². The second-order valence-electron chi connectivity index (χ2n) is 7.29. The van der Waals surface area contributed by atoms with Gasteiger partial charge in [-0.2, -0.15) is 0 Å². The third-order valence-corrected chi connectivity index (χ3v) is 5.98. The number of rotatable bonds is 6. The molecular weight excluding hydrogens is 449 g/mol. The van der Waals surface area contributed by atoms with Gasteiger partial charge < -0.3 is 20.1 Å². The summed E-state index contributed by atoms with van der Waals surface area (Å²) in [4.78, 5) is 17.7. The first-order chi connectivity index (χ1) is 14.8. The van der Waals surface area contributed by atoms with Gasteiger partial charge in [-0.1, -0.05) is 29.3 Å². The molecule has 0 saturated carbocycles. The Morgan fingerprint density at radius 2 is 1.97 bits per heavy atom. The molecule has 0 radical (unpaired) electrons. The third kappa shape index (κ3) is 3.85. The van der Waals surface area contributed by atoms with E-state index in [9.17, 15) is 15.3 Å². The van der Waals surface area contributed by atoms with Crippen LogP contribution in [0.15, 0.2) is 30.9 Å². The molecule has 1 aliphatic rings. The van der Waals surface area contributed by atoms with Crippen LogP contribution in [0, 0.1) is 0 Å². The second kappa shape index (κ2) is 8.47. The molecule has 3 aromatic rings. The summed E-state index contributed by atoms with van der Waals surface area (Å²) in [5, 5.41) is 33.2. The molecule has 4 N–H and O–H groups in total. The molecule has 4 rings (SSSR count). The molecule has 12 heteroatoms. The van der Waals surface area contributed by atoms with E-state index in [-0.39, 0.29) is 5.02 Å². The van der Waals surface area contributed by atoms with E-state index in [1.807, 2.05) is 6.92 Å². The van der Waals surface area contributed by atoms with Crippen LogP contribution in [0.2, 0.25) is 10.0 Å². The Morgan fingerprint density at radius 3 is 2.68 bits per heavy atom. The highest BCUT2D eigenvalue weighted by atomic mass is 35.5. The van der Waals surface area contributed by atoms with Crippen molar-refractivity contribution in [2.24, 2.45) is 0 Å². The van der Waals surface area contributed by atoms with Gasteiger partial charge in [-0.3, -0.25) is 9.40 Å². The molecule has 10 nitrogen and oxygen atoms in total. The van der Waals surface area contributed by atoms with Crippen LogP contribution in [0.25, 0.3) is 11.2 Å². The molecule has 0 aliphatic carbocycles. The Kier molecular flexibility index (Phi) is 6.05. The third-order valence-electron chi connectivity index (χ3n) is 5.24. The minimum atomic E-state index is -1.68. The number of nitrogens with one attached hydrogen (secondary N) is 1. The number of benzene rings is 1. The molecule has 31 heavy (non-hydrogen) atoms. The Morgan fingerprint density at radius 1 is 1.19 bits per heavy atom. The van der Waals surface area contributed by atoms with Crippen LogP contribution >= 0.6 is 23.2 Å². The lowest BCUT2D eigenvalue weighted by Crippen LogP contribution is -2.45. The van der Waals surface area contributed by atoms with Crippen molar-refractivity contribution in [1.29, 1.82) is 0 Å². The highest BCUT2D eigenvalue weighted by Gasteiger charge is 2.52. The number of aromatic nitrogens is 4. The molecule has 0 bridgehead atoms. The zero-order valence-electron chi connectivity index (χ0n) is 16.6. The van der Waals surface area contributed by atoms with E-state index in [0.717, 1.165) is 0 Å². The molecule has 1 fully saturated rings. The van der Waals surface area contributed by atoms with Gasteiger partial charge in [0, 0.05) is 0 Å². The number of fused-ring (bicyclic) bond motifs is 1. The fourth-order valence-corrected chi connectivity index (χ4v) is 3.88. The average Bonchev–Trinajstić information content (AvgIpc) is 3.30. The van der Waals surface area contributed by atoms with Crippen LogP contribution in [0.3, 0.4) is 0 Å². The number of aliphatic hydroxyl groups is 3. The van der Waals surface area contributed by atoms with Crippen LogP contribution in [0.4, 0.5) is 5.82 Å². The van der Waals surface area contributed by atoms with E-state index < -0.39 is 30.1 Å². The molecule has 0 spiro atoms. The smallest absolute Gasteiger partial charge is 0.181 e. The van der Waals surface area contributed by atoms with Crippen LogP contribution in [-0.4, -0.2) is 59.8 Å². The molecule has 166 valence electrons. The summed E-state index contributed by atoms with van der Waals surface area (Å²) in [6.07, 6.45) is -2.29. The predicted molar refractivity (Wildman–Crippen MR) is 113 cm³/mol. The van der Waals surface area contributed by atoms with Crippen molar-refractivity contribution in [3.05, 3.63) is 46.5 Å². The van der Waals surface area contributed by atoms with Gasteiger partial charge in [-0.15, -0.1) is 0 Å². The average molecular weight is 470 g/mol. The molecule has 2 aromatic heterocycles.